The third kappa shape index (κ3) is 2.02. The molecule has 1 aromatic rings. The van der Waals surface area contributed by atoms with Crippen molar-refractivity contribution < 1.29 is 9.32 Å². The number of aromatic nitrogens is 1. The SMILES string of the molecule is Cc1cc(NC(=O)C2(N)CCCC2)no1. The van der Waals surface area contributed by atoms with E-state index in [1.807, 2.05) is 0 Å². The molecule has 0 bridgehead atoms. The average Bonchev–Trinajstić information content (AvgIpc) is 2.76. The number of anilines is 1. The highest BCUT2D eigenvalue weighted by atomic mass is 16.5. The summed E-state index contributed by atoms with van der Waals surface area (Å²) in [6, 6.07) is 1.68. The Labute approximate surface area is 88.0 Å². The molecular formula is C10H15N3O2. The fourth-order valence-electron chi connectivity index (χ4n) is 1.90. The summed E-state index contributed by atoms with van der Waals surface area (Å²) < 4.78 is 4.86. The summed E-state index contributed by atoms with van der Waals surface area (Å²) >= 11 is 0. The lowest BCUT2D eigenvalue weighted by Crippen LogP contribution is -2.48. The Bertz CT molecular complexity index is 366. The number of carbonyl (C=O) groups is 1. The van der Waals surface area contributed by atoms with Crippen LogP contribution in [0, 0.1) is 6.92 Å². The molecule has 5 nitrogen and oxygen atoms in total. The maximum absolute atomic E-state index is 11.8. The van der Waals surface area contributed by atoms with Gasteiger partial charge in [-0.25, -0.2) is 0 Å². The highest BCUT2D eigenvalue weighted by Gasteiger charge is 2.37. The highest BCUT2D eigenvalue weighted by Crippen LogP contribution is 2.28. The van der Waals surface area contributed by atoms with E-state index in [-0.39, 0.29) is 5.91 Å². The van der Waals surface area contributed by atoms with E-state index in [0.29, 0.717) is 11.6 Å². The van der Waals surface area contributed by atoms with Gasteiger partial charge in [0.05, 0.1) is 5.54 Å². The minimum absolute atomic E-state index is 0.159. The van der Waals surface area contributed by atoms with E-state index in [2.05, 4.69) is 10.5 Å². The molecule has 82 valence electrons. The van der Waals surface area contributed by atoms with Crippen molar-refractivity contribution in [2.75, 3.05) is 5.32 Å². The number of amides is 1. The molecule has 2 rings (SSSR count). The minimum atomic E-state index is -0.715. The number of nitrogens with zero attached hydrogens (tertiary/aromatic N) is 1. The molecule has 5 heteroatoms. The van der Waals surface area contributed by atoms with Crippen molar-refractivity contribution in [2.24, 2.45) is 5.73 Å². The predicted molar refractivity (Wildman–Crippen MR) is 55.3 cm³/mol. The van der Waals surface area contributed by atoms with Gasteiger partial charge in [-0.15, -0.1) is 0 Å². The van der Waals surface area contributed by atoms with Crippen LogP contribution in [0.2, 0.25) is 0 Å². The lowest BCUT2D eigenvalue weighted by molar-refractivity contribution is -0.121. The van der Waals surface area contributed by atoms with Gasteiger partial charge in [0.1, 0.15) is 5.76 Å². The number of rotatable bonds is 2. The molecule has 3 N–H and O–H groups in total. The monoisotopic (exact) mass is 209 g/mol. The average molecular weight is 209 g/mol. The van der Waals surface area contributed by atoms with Gasteiger partial charge in [-0.3, -0.25) is 4.79 Å². The number of aryl methyl sites for hydroxylation is 1. The summed E-state index contributed by atoms with van der Waals surface area (Å²) in [4.78, 5) is 11.8. The number of hydrogen-bond donors (Lipinski definition) is 2. The predicted octanol–water partition coefficient (Wildman–Crippen LogP) is 1.19. The van der Waals surface area contributed by atoms with Crippen molar-refractivity contribution in [2.45, 2.75) is 38.1 Å². The normalized spacial score (nSPS) is 19.1. The first-order valence-corrected chi connectivity index (χ1v) is 5.14. The molecular weight excluding hydrogens is 194 g/mol. The van der Waals surface area contributed by atoms with Crippen molar-refractivity contribution in [1.29, 1.82) is 0 Å². The van der Waals surface area contributed by atoms with Gasteiger partial charge in [0.2, 0.25) is 5.91 Å². The largest absolute Gasteiger partial charge is 0.360 e. The highest BCUT2D eigenvalue weighted by molar-refractivity contribution is 5.97. The Kier molecular flexibility index (Phi) is 2.48. The first kappa shape index (κ1) is 10.2. The summed E-state index contributed by atoms with van der Waals surface area (Å²) in [5.74, 6) is 0.949. The van der Waals surface area contributed by atoms with E-state index in [9.17, 15) is 4.79 Å². The van der Waals surface area contributed by atoms with Crippen LogP contribution < -0.4 is 11.1 Å². The van der Waals surface area contributed by atoms with E-state index in [1.165, 1.54) is 0 Å². The van der Waals surface area contributed by atoms with Crippen LogP contribution in [0.1, 0.15) is 31.4 Å². The maximum atomic E-state index is 11.8. The van der Waals surface area contributed by atoms with Gasteiger partial charge in [0.25, 0.3) is 0 Å². The molecule has 1 aliphatic rings. The standard InChI is InChI=1S/C10H15N3O2/c1-7-6-8(13-15-7)12-9(14)10(11)4-2-3-5-10/h6H,2-5,11H2,1H3,(H,12,13,14). The van der Waals surface area contributed by atoms with Crippen LogP contribution in [0.4, 0.5) is 5.82 Å². The molecule has 1 aliphatic carbocycles. The summed E-state index contributed by atoms with van der Waals surface area (Å²) in [6.07, 6.45) is 3.52. The van der Waals surface area contributed by atoms with Gasteiger partial charge in [0.15, 0.2) is 5.82 Å². The van der Waals surface area contributed by atoms with Crippen LogP contribution in [-0.4, -0.2) is 16.6 Å². The second kappa shape index (κ2) is 3.66. The number of carbonyl (C=O) groups excluding carboxylic acids is 1. The molecule has 0 radical (unpaired) electrons. The van der Waals surface area contributed by atoms with E-state index in [4.69, 9.17) is 10.3 Å². The quantitative estimate of drug-likeness (QED) is 0.766. The zero-order valence-electron chi connectivity index (χ0n) is 8.75. The Morgan fingerprint density at radius 1 is 1.60 bits per heavy atom. The van der Waals surface area contributed by atoms with Gasteiger partial charge in [0, 0.05) is 6.07 Å². The van der Waals surface area contributed by atoms with Gasteiger partial charge < -0.3 is 15.6 Å². The minimum Gasteiger partial charge on any atom is -0.360 e. The fraction of sp³-hybridized carbons (Fsp3) is 0.600. The second-order valence-corrected chi connectivity index (χ2v) is 4.14. The van der Waals surface area contributed by atoms with Crippen molar-refractivity contribution in [3.8, 4) is 0 Å². The van der Waals surface area contributed by atoms with E-state index >= 15 is 0 Å². The van der Waals surface area contributed by atoms with Gasteiger partial charge >= 0.3 is 0 Å². The van der Waals surface area contributed by atoms with Crippen molar-refractivity contribution in [3.05, 3.63) is 11.8 Å². The third-order valence-electron chi connectivity index (χ3n) is 2.82. The van der Waals surface area contributed by atoms with Gasteiger partial charge in [-0.2, -0.15) is 0 Å². The third-order valence-corrected chi connectivity index (χ3v) is 2.82. The van der Waals surface area contributed by atoms with E-state index in [1.54, 1.807) is 13.0 Å². The lowest BCUT2D eigenvalue weighted by atomic mass is 9.98. The fourth-order valence-corrected chi connectivity index (χ4v) is 1.90. The number of nitrogens with two attached hydrogens (primary N) is 1. The van der Waals surface area contributed by atoms with Crippen LogP contribution in [0.5, 0.6) is 0 Å². The lowest BCUT2D eigenvalue weighted by Gasteiger charge is -2.21. The Morgan fingerprint density at radius 2 is 2.27 bits per heavy atom. The molecule has 1 heterocycles. The first-order chi connectivity index (χ1) is 7.10. The maximum Gasteiger partial charge on any atom is 0.245 e. The molecule has 0 aliphatic heterocycles. The van der Waals surface area contributed by atoms with Crippen LogP contribution in [0.15, 0.2) is 10.6 Å². The molecule has 0 aromatic carbocycles. The second-order valence-electron chi connectivity index (χ2n) is 4.14. The van der Waals surface area contributed by atoms with Crippen molar-refractivity contribution in [3.63, 3.8) is 0 Å². The molecule has 15 heavy (non-hydrogen) atoms. The summed E-state index contributed by atoms with van der Waals surface area (Å²) in [5.41, 5.74) is 5.27. The van der Waals surface area contributed by atoms with Crippen LogP contribution in [0.25, 0.3) is 0 Å². The molecule has 0 unspecified atom stereocenters. The molecule has 1 amide bonds. The van der Waals surface area contributed by atoms with Gasteiger partial charge in [-0.1, -0.05) is 18.0 Å². The van der Waals surface area contributed by atoms with Crippen LogP contribution in [0.3, 0.4) is 0 Å². The zero-order valence-corrected chi connectivity index (χ0v) is 8.75. The molecule has 1 fully saturated rings. The Hall–Kier alpha value is -1.36. The molecule has 1 saturated carbocycles. The smallest absolute Gasteiger partial charge is 0.245 e. The van der Waals surface area contributed by atoms with E-state index < -0.39 is 5.54 Å². The molecule has 0 spiro atoms. The van der Waals surface area contributed by atoms with Gasteiger partial charge in [-0.05, 0) is 19.8 Å². The molecule has 0 saturated heterocycles. The van der Waals surface area contributed by atoms with Crippen molar-refractivity contribution >= 4 is 11.7 Å². The zero-order chi connectivity index (χ0) is 10.9. The summed E-state index contributed by atoms with van der Waals surface area (Å²) in [7, 11) is 0. The Morgan fingerprint density at radius 3 is 2.80 bits per heavy atom. The molecule has 1 aromatic heterocycles. The summed E-state index contributed by atoms with van der Waals surface area (Å²) in [6.45, 7) is 1.77. The summed E-state index contributed by atoms with van der Waals surface area (Å²) in [5, 5.41) is 6.37. The Balaban J connectivity index is 2.03. The number of hydrogen-bond acceptors (Lipinski definition) is 4. The topological polar surface area (TPSA) is 81.2 Å². The van der Waals surface area contributed by atoms with E-state index in [0.717, 1.165) is 25.7 Å². The molecule has 0 atom stereocenters. The van der Waals surface area contributed by atoms with Crippen LogP contribution in [-0.2, 0) is 4.79 Å². The van der Waals surface area contributed by atoms with Crippen molar-refractivity contribution in [1.82, 2.24) is 5.16 Å². The first-order valence-electron chi connectivity index (χ1n) is 5.14. The number of nitrogens with one attached hydrogen (secondary N) is 1. The van der Waals surface area contributed by atoms with Crippen LogP contribution >= 0.6 is 0 Å².